The fraction of sp³-hybridized carbons (Fsp3) is 0.792. The van der Waals surface area contributed by atoms with Gasteiger partial charge in [0, 0.05) is 6.54 Å². The van der Waals surface area contributed by atoms with Gasteiger partial charge in [-0.15, -0.1) is 0 Å². The summed E-state index contributed by atoms with van der Waals surface area (Å²) in [5, 5.41) is 2.91. The number of amides is 1. The first-order valence-electron chi connectivity index (χ1n) is 11.3. The normalized spacial score (nSPS) is 11.8. The highest BCUT2D eigenvalue weighted by Crippen LogP contribution is 2.11. The minimum atomic E-state index is 0.0505. The second-order valence-corrected chi connectivity index (χ2v) is 7.91. The lowest BCUT2D eigenvalue weighted by Gasteiger charge is -2.04. The van der Waals surface area contributed by atoms with E-state index < -0.39 is 0 Å². The summed E-state index contributed by atoms with van der Waals surface area (Å²) < 4.78 is 0. The molecule has 0 aromatic rings. The molecule has 0 aliphatic carbocycles. The lowest BCUT2D eigenvalue weighted by Crippen LogP contribution is -2.25. The number of rotatable bonds is 18. The van der Waals surface area contributed by atoms with Crippen molar-refractivity contribution in [3.05, 3.63) is 24.3 Å². The summed E-state index contributed by atoms with van der Waals surface area (Å²) in [5.74, 6) is 0.564. The van der Waals surface area contributed by atoms with E-state index in [1.165, 1.54) is 83.5 Å². The van der Waals surface area contributed by atoms with Crippen molar-refractivity contribution >= 4 is 5.91 Å². The molecule has 2 nitrogen and oxygen atoms in total. The first-order valence-corrected chi connectivity index (χ1v) is 11.3. The van der Waals surface area contributed by atoms with Gasteiger partial charge < -0.3 is 5.32 Å². The molecule has 0 heterocycles. The van der Waals surface area contributed by atoms with Gasteiger partial charge in [0.05, 0.1) is 0 Å². The van der Waals surface area contributed by atoms with Gasteiger partial charge in [0.2, 0.25) is 5.91 Å². The Morgan fingerprint density at radius 2 is 1.19 bits per heavy atom. The summed E-state index contributed by atoms with van der Waals surface area (Å²) in [5.41, 5.74) is 0. The molecular formula is C24H45NO. The Labute approximate surface area is 163 Å². The predicted octanol–water partition coefficient (Wildman–Crippen LogP) is 7.35. The Kier molecular flexibility index (Phi) is 19.4. The van der Waals surface area contributed by atoms with E-state index in [-0.39, 0.29) is 5.91 Å². The van der Waals surface area contributed by atoms with E-state index in [1.54, 1.807) is 6.08 Å². The van der Waals surface area contributed by atoms with Crippen molar-refractivity contribution in [2.75, 3.05) is 6.54 Å². The van der Waals surface area contributed by atoms with Gasteiger partial charge in [-0.3, -0.25) is 4.79 Å². The smallest absolute Gasteiger partial charge is 0.243 e. The van der Waals surface area contributed by atoms with Crippen LogP contribution in [0.25, 0.3) is 0 Å². The van der Waals surface area contributed by atoms with Crippen LogP contribution in [0.2, 0.25) is 0 Å². The number of nitrogens with one attached hydrogen (secondary N) is 1. The molecule has 0 rings (SSSR count). The van der Waals surface area contributed by atoms with Crippen LogP contribution in [0.15, 0.2) is 24.3 Å². The van der Waals surface area contributed by atoms with Crippen molar-refractivity contribution in [2.45, 2.75) is 111 Å². The molecule has 0 unspecified atom stereocenters. The second-order valence-electron chi connectivity index (χ2n) is 7.91. The standard InChI is InChI=1S/C24H45NO/c1-4-5-6-7-8-9-10-11-12-13-14-15-16-17-18-19-20-21-24(26)25-22-23(2)3/h8-9,20-21,23H,4-7,10-19,22H2,1-3H3,(H,25,26)/b9-8-,21-20+. The number of carbonyl (C=O) groups excluding carboxylic acids is 1. The SMILES string of the molecule is CCCCC/C=C\CCCCCCCCCC/C=C/C(=O)NCC(C)C. The Morgan fingerprint density at radius 1 is 0.731 bits per heavy atom. The molecule has 0 atom stereocenters. The molecule has 2 heteroatoms. The van der Waals surface area contributed by atoms with Gasteiger partial charge in [0.1, 0.15) is 0 Å². The third kappa shape index (κ3) is 21.0. The summed E-state index contributed by atoms with van der Waals surface area (Å²) >= 11 is 0. The topological polar surface area (TPSA) is 29.1 Å². The number of carbonyl (C=O) groups is 1. The van der Waals surface area contributed by atoms with Gasteiger partial charge in [-0.25, -0.2) is 0 Å². The van der Waals surface area contributed by atoms with Crippen molar-refractivity contribution in [3.8, 4) is 0 Å². The molecule has 0 saturated carbocycles. The highest BCUT2D eigenvalue weighted by atomic mass is 16.1. The molecular weight excluding hydrogens is 318 g/mol. The van der Waals surface area contributed by atoms with Gasteiger partial charge in [-0.2, -0.15) is 0 Å². The third-order valence-electron chi connectivity index (χ3n) is 4.59. The lowest BCUT2D eigenvalue weighted by molar-refractivity contribution is -0.116. The van der Waals surface area contributed by atoms with Crippen LogP contribution in [0.4, 0.5) is 0 Å². The molecule has 0 fully saturated rings. The average Bonchev–Trinajstić information content (AvgIpc) is 2.62. The summed E-state index contributed by atoms with van der Waals surface area (Å²) in [6, 6.07) is 0. The van der Waals surface area contributed by atoms with Crippen molar-refractivity contribution < 1.29 is 4.79 Å². The second kappa shape index (κ2) is 20.3. The van der Waals surface area contributed by atoms with E-state index in [0.29, 0.717) is 5.92 Å². The predicted molar refractivity (Wildman–Crippen MR) is 116 cm³/mol. The van der Waals surface area contributed by atoms with Crippen LogP contribution >= 0.6 is 0 Å². The Bertz CT molecular complexity index is 357. The Morgan fingerprint density at radius 3 is 1.69 bits per heavy atom. The summed E-state index contributed by atoms with van der Waals surface area (Å²) in [6.45, 7) is 7.24. The minimum Gasteiger partial charge on any atom is -0.352 e. The number of hydrogen-bond donors (Lipinski definition) is 1. The molecule has 1 amide bonds. The monoisotopic (exact) mass is 363 g/mol. The molecule has 0 saturated heterocycles. The van der Waals surface area contributed by atoms with Gasteiger partial charge >= 0.3 is 0 Å². The van der Waals surface area contributed by atoms with Crippen molar-refractivity contribution in [1.29, 1.82) is 0 Å². The van der Waals surface area contributed by atoms with Gasteiger partial charge in [-0.1, -0.05) is 90.4 Å². The zero-order valence-corrected chi connectivity index (χ0v) is 17.9. The highest BCUT2D eigenvalue weighted by Gasteiger charge is 1.97. The summed E-state index contributed by atoms with van der Waals surface area (Å²) in [6.07, 6.45) is 26.8. The molecule has 0 aromatic carbocycles. The van der Waals surface area contributed by atoms with Crippen LogP contribution in [-0.4, -0.2) is 12.5 Å². The van der Waals surface area contributed by atoms with Crippen LogP contribution in [0.3, 0.4) is 0 Å². The quantitative estimate of drug-likeness (QED) is 0.154. The van der Waals surface area contributed by atoms with E-state index in [0.717, 1.165) is 13.0 Å². The van der Waals surface area contributed by atoms with Crippen molar-refractivity contribution in [2.24, 2.45) is 5.92 Å². The van der Waals surface area contributed by atoms with E-state index >= 15 is 0 Å². The molecule has 0 aliphatic heterocycles. The van der Waals surface area contributed by atoms with Crippen LogP contribution in [0.5, 0.6) is 0 Å². The van der Waals surface area contributed by atoms with E-state index in [9.17, 15) is 4.79 Å². The van der Waals surface area contributed by atoms with Gasteiger partial charge in [-0.05, 0) is 50.5 Å². The molecule has 26 heavy (non-hydrogen) atoms. The largest absolute Gasteiger partial charge is 0.352 e. The summed E-state index contributed by atoms with van der Waals surface area (Å²) in [4.78, 5) is 11.5. The van der Waals surface area contributed by atoms with Crippen LogP contribution in [-0.2, 0) is 4.79 Å². The average molecular weight is 364 g/mol. The minimum absolute atomic E-state index is 0.0505. The zero-order chi connectivity index (χ0) is 19.3. The molecule has 152 valence electrons. The Hall–Kier alpha value is -1.05. The molecule has 0 spiro atoms. The number of hydrogen-bond acceptors (Lipinski definition) is 1. The van der Waals surface area contributed by atoms with E-state index in [4.69, 9.17) is 0 Å². The van der Waals surface area contributed by atoms with E-state index in [2.05, 4.69) is 38.2 Å². The molecule has 0 radical (unpaired) electrons. The fourth-order valence-electron chi connectivity index (χ4n) is 2.89. The maximum absolute atomic E-state index is 11.5. The Balaban J connectivity index is 3.23. The van der Waals surface area contributed by atoms with Crippen LogP contribution in [0, 0.1) is 5.92 Å². The van der Waals surface area contributed by atoms with Crippen molar-refractivity contribution in [1.82, 2.24) is 5.32 Å². The summed E-state index contributed by atoms with van der Waals surface area (Å²) in [7, 11) is 0. The number of allylic oxidation sites excluding steroid dienone is 3. The van der Waals surface area contributed by atoms with Crippen LogP contribution < -0.4 is 5.32 Å². The molecule has 0 aliphatic rings. The molecule has 0 bridgehead atoms. The van der Waals surface area contributed by atoms with Gasteiger partial charge in [0.15, 0.2) is 0 Å². The maximum atomic E-state index is 11.5. The number of unbranched alkanes of at least 4 members (excludes halogenated alkanes) is 12. The highest BCUT2D eigenvalue weighted by molar-refractivity contribution is 5.87. The third-order valence-corrected chi connectivity index (χ3v) is 4.59. The van der Waals surface area contributed by atoms with Crippen molar-refractivity contribution in [3.63, 3.8) is 0 Å². The first-order chi connectivity index (χ1) is 12.7. The molecule has 0 aromatic heterocycles. The van der Waals surface area contributed by atoms with Gasteiger partial charge in [0.25, 0.3) is 0 Å². The first kappa shape index (κ1) is 24.9. The van der Waals surface area contributed by atoms with Crippen LogP contribution in [0.1, 0.15) is 111 Å². The maximum Gasteiger partial charge on any atom is 0.243 e. The lowest BCUT2D eigenvalue weighted by atomic mass is 10.1. The zero-order valence-electron chi connectivity index (χ0n) is 17.9. The fourth-order valence-corrected chi connectivity index (χ4v) is 2.89. The van der Waals surface area contributed by atoms with E-state index in [1.807, 2.05) is 6.08 Å². The molecule has 1 N–H and O–H groups in total.